The number of allylic oxidation sites excluding steroid dienone is 1. The third-order valence-corrected chi connectivity index (χ3v) is 3.91. The number of alkyl halides is 3. The Morgan fingerprint density at radius 2 is 1.71 bits per heavy atom. The molecule has 0 fully saturated rings. The van der Waals surface area contributed by atoms with Gasteiger partial charge >= 0.3 is 12.3 Å². The lowest BCUT2D eigenvalue weighted by molar-refractivity contribution is -0.137. The molecule has 0 radical (unpaired) electrons. The minimum atomic E-state index is -4.70. The van der Waals surface area contributed by atoms with E-state index in [0.717, 1.165) is 24.1 Å². The molecule has 2 aromatic carbocycles. The first-order chi connectivity index (χ1) is 13.3. The first-order valence-corrected chi connectivity index (χ1v) is 8.56. The van der Waals surface area contributed by atoms with Crippen molar-refractivity contribution in [2.45, 2.75) is 26.4 Å². The summed E-state index contributed by atoms with van der Waals surface area (Å²) in [7, 11) is 0. The molecule has 2 rings (SSSR count). The molecular weight excluding hydrogens is 371 g/mol. The molecule has 4 nitrogen and oxygen atoms in total. The molecule has 0 spiro atoms. The van der Waals surface area contributed by atoms with Crippen LogP contribution in [0, 0.1) is 11.3 Å². The molecule has 28 heavy (non-hydrogen) atoms. The maximum atomic E-state index is 13.5. The van der Waals surface area contributed by atoms with Crippen molar-refractivity contribution >= 4 is 17.5 Å². The van der Waals surface area contributed by atoms with E-state index in [1.54, 1.807) is 24.3 Å². The summed E-state index contributed by atoms with van der Waals surface area (Å²) in [5, 5.41) is 9.65. The number of nitrogens with zero attached hydrogens (tertiary/aromatic N) is 1. The van der Waals surface area contributed by atoms with Crippen molar-refractivity contribution < 1.29 is 27.4 Å². The normalized spacial score (nSPS) is 12.0. The van der Waals surface area contributed by atoms with Crippen LogP contribution in [0.3, 0.4) is 0 Å². The Morgan fingerprint density at radius 1 is 1.07 bits per heavy atom. The van der Waals surface area contributed by atoms with E-state index >= 15 is 0 Å². The van der Waals surface area contributed by atoms with Gasteiger partial charge in [-0.1, -0.05) is 49.4 Å². The number of halogens is 3. The number of hydrogen-bond acceptors (Lipinski definition) is 4. The molecule has 0 unspecified atom stereocenters. The highest BCUT2D eigenvalue weighted by Gasteiger charge is 2.35. The summed E-state index contributed by atoms with van der Waals surface area (Å²) in [4.78, 5) is 11.9. The SMILES string of the molecule is CCOC(=O)OC(=C(C#N)c1ccc(CC)cc1)c1ccccc1C(F)(F)F. The van der Waals surface area contributed by atoms with Crippen molar-refractivity contribution in [2.75, 3.05) is 6.61 Å². The molecule has 0 aliphatic heterocycles. The van der Waals surface area contributed by atoms with Crippen LogP contribution in [0.15, 0.2) is 48.5 Å². The van der Waals surface area contributed by atoms with Gasteiger partial charge in [-0.25, -0.2) is 4.79 Å². The Bertz CT molecular complexity index is 910. The van der Waals surface area contributed by atoms with E-state index in [4.69, 9.17) is 9.47 Å². The quantitative estimate of drug-likeness (QED) is 0.279. The summed E-state index contributed by atoms with van der Waals surface area (Å²) in [5.74, 6) is -0.502. The zero-order valence-corrected chi connectivity index (χ0v) is 15.3. The fourth-order valence-corrected chi connectivity index (χ4v) is 2.55. The number of benzene rings is 2. The molecule has 0 aromatic heterocycles. The van der Waals surface area contributed by atoms with Crippen LogP contribution in [0.4, 0.5) is 18.0 Å². The van der Waals surface area contributed by atoms with E-state index in [-0.39, 0.29) is 12.2 Å². The molecule has 0 amide bonds. The van der Waals surface area contributed by atoms with Gasteiger partial charge in [0.25, 0.3) is 0 Å². The summed E-state index contributed by atoms with van der Waals surface area (Å²) >= 11 is 0. The molecule has 0 heterocycles. The molecule has 0 aliphatic carbocycles. The molecule has 0 atom stereocenters. The van der Waals surface area contributed by atoms with Crippen LogP contribution in [0.2, 0.25) is 0 Å². The summed E-state index contributed by atoms with van der Waals surface area (Å²) < 4.78 is 50.2. The average Bonchev–Trinajstić information content (AvgIpc) is 2.68. The van der Waals surface area contributed by atoms with Crippen LogP contribution >= 0.6 is 0 Å². The largest absolute Gasteiger partial charge is 0.513 e. The minimum absolute atomic E-state index is 0.0277. The number of hydrogen-bond donors (Lipinski definition) is 0. The smallest absolute Gasteiger partial charge is 0.434 e. The van der Waals surface area contributed by atoms with Crippen LogP contribution < -0.4 is 0 Å². The van der Waals surface area contributed by atoms with Gasteiger partial charge in [0.1, 0.15) is 11.6 Å². The zero-order valence-electron chi connectivity index (χ0n) is 15.3. The highest BCUT2D eigenvalue weighted by Crippen LogP contribution is 2.38. The topological polar surface area (TPSA) is 59.3 Å². The van der Waals surface area contributed by atoms with Gasteiger partial charge in [-0.05, 0) is 30.5 Å². The van der Waals surface area contributed by atoms with E-state index in [1.807, 2.05) is 13.0 Å². The third-order valence-electron chi connectivity index (χ3n) is 3.91. The first kappa shape index (κ1) is 21.0. The molecule has 0 saturated heterocycles. The average molecular weight is 389 g/mol. The van der Waals surface area contributed by atoms with Gasteiger partial charge in [0.15, 0.2) is 5.76 Å². The Kier molecular flexibility index (Phi) is 6.83. The second-order valence-electron chi connectivity index (χ2n) is 5.69. The van der Waals surface area contributed by atoms with Crippen LogP contribution in [0.1, 0.15) is 36.1 Å². The summed E-state index contributed by atoms with van der Waals surface area (Å²) in [6.45, 7) is 3.45. The number of carbonyl (C=O) groups excluding carboxylic acids is 1. The first-order valence-electron chi connectivity index (χ1n) is 8.56. The van der Waals surface area contributed by atoms with Crippen molar-refractivity contribution in [1.29, 1.82) is 5.26 Å². The highest BCUT2D eigenvalue weighted by atomic mass is 19.4. The van der Waals surface area contributed by atoms with Crippen molar-refractivity contribution in [3.8, 4) is 6.07 Å². The molecule has 2 aromatic rings. The monoisotopic (exact) mass is 389 g/mol. The molecular formula is C21H18F3NO3. The predicted molar refractivity (Wildman–Crippen MR) is 97.8 cm³/mol. The standard InChI is InChI=1S/C21H18F3NO3/c1-3-14-9-11-15(12-10-14)17(13-25)19(28-20(26)27-4-2)16-7-5-6-8-18(16)21(22,23)24/h5-12H,3-4H2,1-2H3. The summed E-state index contributed by atoms with van der Waals surface area (Å²) in [6, 6.07) is 13.2. The zero-order chi connectivity index (χ0) is 20.7. The van der Waals surface area contributed by atoms with Gasteiger partial charge in [0, 0.05) is 5.56 Å². The van der Waals surface area contributed by atoms with E-state index in [0.29, 0.717) is 5.56 Å². The summed E-state index contributed by atoms with van der Waals surface area (Å²) in [5.41, 5.74) is -0.320. The van der Waals surface area contributed by atoms with E-state index in [9.17, 15) is 23.2 Å². The van der Waals surface area contributed by atoms with Crippen LogP contribution in [-0.2, 0) is 22.1 Å². The maximum Gasteiger partial charge on any atom is 0.513 e. The molecule has 7 heteroatoms. The fraction of sp³-hybridized carbons (Fsp3) is 0.238. The van der Waals surface area contributed by atoms with Gasteiger partial charge in [-0.2, -0.15) is 18.4 Å². The lowest BCUT2D eigenvalue weighted by Gasteiger charge is -2.17. The summed E-state index contributed by atoms with van der Waals surface area (Å²) in [6.07, 6.45) is -5.13. The van der Waals surface area contributed by atoms with E-state index in [1.165, 1.54) is 19.1 Å². The molecule has 0 N–H and O–H groups in total. The molecule has 146 valence electrons. The molecule has 0 bridgehead atoms. The highest BCUT2D eigenvalue weighted by molar-refractivity contribution is 5.97. The Labute approximate surface area is 160 Å². The second kappa shape index (κ2) is 9.09. The van der Waals surface area contributed by atoms with E-state index in [2.05, 4.69) is 0 Å². The van der Waals surface area contributed by atoms with Crippen LogP contribution in [-0.4, -0.2) is 12.8 Å². The predicted octanol–water partition coefficient (Wildman–Crippen LogP) is 5.83. The van der Waals surface area contributed by atoms with Gasteiger partial charge in [0.05, 0.1) is 12.2 Å². The van der Waals surface area contributed by atoms with Crippen molar-refractivity contribution in [1.82, 2.24) is 0 Å². The number of carbonyl (C=O) groups is 1. The number of nitriles is 1. The van der Waals surface area contributed by atoms with Gasteiger partial charge in [0.2, 0.25) is 0 Å². The second-order valence-corrected chi connectivity index (χ2v) is 5.69. The van der Waals surface area contributed by atoms with Crippen LogP contribution in [0.5, 0.6) is 0 Å². The fourth-order valence-electron chi connectivity index (χ4n) is 2.55. The number of rotatable bonds is 5. The van der Waals surface area contributed by atoms with Crippen molar-refractivity contribution in [2.24, 2.45) is 0 Å². The number of aryl methyl sites for hydroxylation is 1. The van der Waals surface area contributed by atoms with Gasteiger partial charge in [-0.3, -0.25) is 0 Å². The lowest BCUT2D eigenvalue weighted by atomic mass is 9.97. The third kappa shape index (κ3) is 4.92. The minimum Gasteiger partial charge on any atom is -0.434 e. The molecule has 0 aliphatic rings. The molecule has 0 saturated carbocycles. The van der Waals surface area contributed by atoms with E-state index < -0.39 is 29.2 Å². The van der Waals surface area contributed by atoms with Crippen LogP contribution in [0.25, 0.3) is 11.3 Å². The Balaban J connectivity index is 2.72. The maximum absolute atomic E-state index is 13.5. The van der Waals surface area contributed by atoms with Crippen molar-refractivity contribution in [3.05, 3.63) is 70.8 Å². The van der Waals surface area contributed by atoms with Gasteiger partial charge in [-0.15, -0.1) is 0 Å². The number of ether oxygens (including phenoxy) is 2. The van der Waals surface area contributed by atoms with Crippen molar-refractivity contribution in [3.63, 3.8) is 0 Å². The lowest BCUT2D eigenvalue weighted by Crippen LogP contribution is -2.13. The Morgan fingerprint density at radius 3 is 2.25 bits per heavy atom. The Hall–Kier alpha value is -3.27. The van der Waals surface area contributed by atoms with Gasteiger partial charge < -0.3 is 9.47 Å².